The van der Waals surface area contributed by atoms with Crippen LogP contribution in [0.2, 0.25) is 5.02 Å². The van der Waals surface area contributed by atoms with Gasteiger partial charge in [0.15, 0.2) is 5.11 Å². The second-order valence-corrected chi connectivity index (χ2v) is 6.53. The zero-order valence-electron chi connectivity index (χ0n) is 12.5. The second kappa shape index (κ2) is 6.81. The lowest BCUT2D eigenvalue weighted by Crippen LogP contribution is -2.46. The van der Waals surface area contributed by atoms with Crippen LogP contribution in [0.1, 0.15) is 31.4 Å². The molecule has 0 atom stereocenters. The number of benzene rings is 1. The standard InChI is InChI=1S/C17H17ClFN3S/c18-13-11-12(6-7-14(13)19)21-16(23)22-17(8-2-3-9-17)15-5-1-4-10-20-15/h1,4-7,10-11H,2-3,8-9H2,(H2,21,22,23). The fourth-order valence-electron chi connectivity index (χ4n) is 3.02. The number of nitrogens with one attached hydrogen (secondary N) is 2. The van der Waals surface area contributed by atoms with E-state index in [0.717, 1.165) is 31.4 Å². The Bertz CT molecular complexity index is 702. The summed E-state index contributed by atoms with van der Waals surface area (Å²) in [4.78, 5) is 4.50. The molecule has 23 heavy (non-hydrogen) atoms. The van der Waals surface area contributed by atoms with E-state index >= 15 is 0 Å². The van der Waals surface area contributed by atoms with Crippen molar-refractivity contribution in [3.63, 3.8) is 0 Å². The summed E-state index contributed by atoms with van der Waals surface area (Å²) < 4.78 is 13.2. The molecule has 0 radical (unpaired) electrons. The Morgan fingerprint density at radius 2 is 2.00 bits per heavy atom. The van der Waals surface area contributed by atoms with Crippen molar-refractivity contribution in [2.45, 2.75) is 31.2 Å². The molecule has 1 aliphatic rings. The van der Waals surface area contributed by atoms with E-state index in [1.165, 1.54) is 12.1 Å². The van der Waals surface area contributed by atoms with E-state index in [-0.39, 0.29) is 10.6 Å². The van der Waals surface area contributed by atoms with Crippen molar-refractivity contribution in [3.8, 4) is 0 Å². The molecule has 0 spiro atoms. The molecule has 1 fully saturated rings. The molecule has 3 rings (SSSR count). The van der Waals surface area contributed by atoms with E-state index in [9.17, 15) is 4.39 Å². The van der Waals surface area contributed by atoms with Crippen molar-refractivity contribution in [3.05, 3.63) is 59.1 Å². The zero-order chi connectivity index (χ0) is 16.3. The molecule has 0 bridgehead atoms. The Labute approximate surface area is 145 Å². The molecule has 0 amide bonds. The van der Waals surface area contributed by atoms with Gasteiger partial charge in [0.05, 0.1) is 16.3 Å². The number of nitrogens with zero attached hydrogens (tertiary/aromatic N) is 1. The highest BCUT2D eigenvalue weighted by Gasteiger charge is 2.37. The van der Waals surface area contributed by atoms with Gasteiger partial charge in [-0.25, -0.2) is 4.39 Å². The van der Waals surface area contributed by atoms with Crippen LogP contribution in [0.5, 0.6) is 0 Å². The number of halogens is 2. The van der Waals surface area contributed by atoms with Crippen LogP contribution < -0.4 is 10.6 Å². The van der Waals surface area contributed by atoms with Crippen LogP contribution in [0, 0.1) is 5.82 Å². The predicted octanol–water partition coefficient (Wildman–Crippen LogP) is 4.63. The number of aromatic nitrogens is 1. The summed E-state index contributed by atoms with van der Waals surface area (Å²) >= 11 is 11.2. The molecule has 0 saturated heterocycles. The van der Waals surface area contributed by atoms with Crippen LogP contribution in [0.15, 0.2) is 42.6 Å². The van der Waals surface area contributed by atoms with Crippen molar-refractivity contribution in [2.75, 3.05) is 5.32 Å². The van der Waals surface area contributed by atoms with Crippen LogP contribution in [0.4, 0.5) is 10.1 Å². The van der Waals surface area contributed by atoms with Gasteiger partial charge in [0, 0.05) is 11.9 Å². The number of anilines is 1. The smallest absolute Gasteiger partial charge is 0.171 e. The molecule has 120 valence electrons. The maximum Gasteiger partial charge on any atom is 0.171 e. The molecule has 2 aromatic rings. The lowest BCUT2D eigenvalue weighted by Gasteiger charge is -2.31. The fraction of sp³-hybridized carbons (Fsp3) is 0.294. The maximum atomic E-state index is 13.2. The zero-order valence-corrected chi connectivity index (χ0v) is 14.1. The quantitative estimate of drug-likeness (QED) is 0.792. The van der Waals surface area contributed by atoms with E-state index in [1.807, 2.05) is 18.2 Å². The van der Waals surface area contributed by atoms with E-state index in [0.29, 0.717) is 10.8 Å². The van der Waals surface area contributed by atoms with Crippen molar-refractivity contribution in [1.82, 2.24) is 10.3 Å². The van der Waals surface area contributed by atoms with Gasteiger partial charge in [-0.2, -0.15) is 0 Å². The second-order valence-electron chi connectivity index (χ2n) is 5.71. The summed E-state index contributed by atoms with van der Waals surface area (Å²) in [6.45, 7) is 0. The first-order valence-corrected chi connectivity index (χ1v) is 8.33. The van der Waals surface area contributed by atoms with Crippen molar-refractivity contribution in [1.29, 1.82) is 0 Å². The van der Waals surface area contributed by atoms with E-state index in [2.05, 4.69) is 15.6 Å². The molecule has 3 nitrogen and oxygen atoms in total. The predicted molar refractivity (Wildman–Crippen MR) is 95.1 cm³/mol. The Balaban J connectivity index is 1.75. The normalized spacial score (nSPS) is 16.1. The van der Waals surface area contributed by atoms with E-state index in [4.69, 9.17) is 23.8 Å². The van der Waals surface area contributed by atoms with Gasteiger partial charge in [0.2, 0.25) is 0 Å². The van der Waals surface area contributed by atoms with Gasteiger partial charge in [-0.3, -0.25) is 4.98 Å². The van der Waals surface area contributed by atoms with Gasteiger partial charge in [-0.1, -0.05) is 30.5 Å². The van der Waals surface area contributed by atoms with Gasteiger partial charge < -0.3 is 10.6 Å². The maximum absolute atomic E-state index is 13.2. The number of hydrogen-bond acceptors (Lipinski definition) is 2. The Kier molecular flexibility index (Phi) is 4.78. The lowest BCUT2D eigenvalue weighted by molar-refractivity contribution is 0.396. The first-order chi connectivity index (χ1) is 11.1. The van der Waals surface area contributed by atoms with Crippen LogP contribution in [0.3, 0.4) is 0 Å². The van der Waals surface area contributed by atoms with Gasteiger partial charge >= 0.3 is 0 Å². The molecule has 1 aliphatic carbocycles. The average Bonchev–Trinajstić information content (AvgIpc) is 3.01. The van der Waals surface area contributed by atoms with Crippen LogP contribution >= 0.6 is 23.8 Å². The van der Waals surface area contributed by atoms with Crippen LogP contribution in [-0.4, -0.2) is 10.1 Å². The molecule has 0 unspecified atom stereocenters. The lowest BCUT2D eigenvalue weighted by atomic mass is 9.93. The topological polar surface area (TPSA) is 37.0 Å². The first kappa shape index (κ1) is 16.1. The third-order valence-corrected chi connectivity index (χ3v) is 4.64. The van der Waals surface area contributed by atoms with E-state index < -0.39 is 5.82 Å². The summed E-state index contributed by atoms with van der Waals surface area (Å²) in [6.07, 6.45) is 6.03. The molecular formula is C17H17ClFN3S. The number of pyridine rings is 1. The minimum Gasteiger partial charge on any atom is -0.351 e. The SMILES string of the molecule is Fc1ccc(NC(=S)NC2(c3ccccn3)CCCC2)cc1Cl. The summed E-state index contributed by atoms with van der Waals surface area (Å²) in [6, 6.07) is 10.4. The van der Waals surface area contributed by atoms with Crippen LogP contribution in [0.25, 0.3) is 0 Å². The van der Waals surface area contributed by atoms with Crippen molar-refractivity contribution in [2.24, 2.45) is 0 Å². The summed E-state index contributed by atoms with van der Waals surface area (Å²) in [5.41, 5.74) is 1.41. The highest BCUT2D eigenvalue weighted by molar-refractivity contribution is 7.80. The van der Waals surface area contributed by atoms with Gasteiger partial charge in [-0.05, 0) is 55.4 Å². The summed E-state index contributed by atoms with van der Waals surface area (Å²) in [5.74, 6) is -0.447. The molecule has 2 N–H and O–H groups in total. The van der Waals surface area contributed by atoms with E-state index in [1.54, 1.807) is 12.3 Å². The Morgan fingerprint density at radius 1 is 1.22 bits per heavy atom. The molecular weight excluding hydrogens is 333 g/mol. The average molecular weight is 350 g/mol. The highest BCUT2D eigenvalue weighted by atomic mass is 35.5. The monoisotopic (exact) mass is 349 g/mol. The summed E-state index contributed by atoms with van der Waals surface area (Å²) in [5, 5.41) is 7.04. The van der Waals surface area contributed by atoms with Crippen molar-refractivity contribution < 1.29 is 4.39 Å². The molecule has 1 aromatic heterocycles. The minimum atomic E-state index is -0.447. The van der Waals surface area contributed by atoms with Gasteiger partial charge in [-0.15, -0.1) is 0 Å². The first-order valence-electron chi connectivity index (χ1n) is 7.55. The summed E-state index contributed by atoms with van der Waals surface area (Å²) in [7, 11) is 0. The third-order valence-electron chi connectivity index (χ3n) is 4.14. The molecule has 1 aromatic carbocycles. The number of hydrogen-bond donors (Lipinski definition) is 2. The molecule has 0 aliphatic heterocycles. The largest absolute Gasteiger partial charge is 0.351 e. The molecule has 1 heterocycles. The van der Waals surface area contributed by atoms with Crippen LogP contribution in [-0.2, 0) is 5.54 Å². The molecule has 6 heteroatoms. The van der Waals surface area contributed by atoms with Gasteiger partial charge in [0.1, 0.15) is 5.82 Å². The number of rotatable bonds is 3. The fourth-order valence-corrected chi connectivity index (χ4v) is 3.52. The molecule has 1 saturated carbocycles. The number of thiocarbonyl (C=S) groups is 1. The van der Waals surface area contributed by atoms with Gasteiger partial charge in [0.25, 0.3) is 0 Å². The van der Waals surface area contributed by atoms with Crippen molar-refractivity contribution >= 4 is 34.6 Å². The highest BCUT2D eigenvalue weighted by Crippen LogP contribution is 2.37. The third kappa shape index (κ3) is 3.62. The minimum absolute atomic E-state index is 0.0677. The Morgan fingerprint density at radius 3 is 2.65 bits per heavy atom. The Hall–Kier alpha value is -1.72.